The van der Waals surface area contributed by atoms with Gasteiger partial charge in [-0.25, -0.2) is 0 Å². The Hall–Kier alpha value is -0.760. The third-order valence-electron chi connectivity index (χ3n) is 2.29. The van der Waals surface area contributed by atoms with Crippen LogP contribution in [0.15, 0.2) is 54.6 Å². The maximum atomic E-state index is 5.74. The molecule has 0 bridgehead atoms. The van der Waals surface area contributed by atoms with Gasteiger partial charge in [-0.05, 0) is 0 Å². The molecule has 0 amide bonds. The molecule has 0 aliphatic carbocycles. The average Bonchev–Trinajstić information content (AvgIpc) is 2.31. The Morgan fingerprint density at radius 3 is 2.33 bits per heavy atom. The van der Waals surface area contributed by atoms with Gasteiger partial charge in [0, 0.05) is 0 Å². The third-order valence-corrected chi connectivity index (χ3v) is 3.10. The summed E-state index contributed by atoms with van der Waals surface area (Å²) >= 11 is 1.19. The number of ether oxygens (including phenoxy) is 1. The summed E-state index contributed by atoms with van der Waals surface area (Å²) in [6, 6.07) is 18.2. The molecule has 0 radical (unpaired) electrons. The van der Waals surface area contributed by atoms with E-state index in [4.69, 9.17) is 4.74 Å². The van der Waals surface area contributed by atoms with Crippen LogP contribution in [0.5, 0.6) is 11.5 Å². The fourth-order valence-electron chi connectivity index (χ4n) is 1.45. The molecule has 0 saturated carbocycles. The van der Waals surface area contributed by atoms with E-state index in [1.54, 1.807) is 0 Å². The van der Waals surface area contributed by atoms with Gasteiger partial charge in [0.1, 0.15) is 0 Å². The van der Waals surface area contributed by atoms with Crippen molar-refractivity contribution in [3.63, 3.8) is 0 Å². The normalized spacial score (nSPS) is 10.0. The summed E-state index contributed by atoms with van der Waals surface area (Å²) in [4.78, 5) is 0. The molecule has 0 N–H and O–H groups in total. The summed E-state index contributed by atoms with van der Waals surface area (Å²) in [6.07, 6.45) is 0. The Balaban J connectivity index is 2.17. The summed E-state index contributed by atoms with van der Waals surface area (Å²) < 4.78 is 6.91. The first-order valence-electron chi connectivity index (χ1n) is 5.20. The molecule has 2 aromatic rings. The van der Waals surface area contributed by atoms with E-state index in [0.717, 1.165) is 11.5 Å². The van der Waals surface area contributed by atoms with Crippen LogP contribution in [-0.4, -0.2) is 27.9 Å². The molecule has 0 unspecified atom stereocenters. The molecule has 0 aliphatic rings. The molecule has 2 aromatic carbocycles. The molecule has 2 rings (SSSR count). The van der Waals surface area contributed by atoms with Gasteiger partial charge in [-0.3, -0.25) is 0 Å². The predicted molar refractivity (Wildman–Crippen MR) is 62.4 cm³/mol. The molecule has 0 heterocycles. The average molecular weight is 206 g/mol. The first-order valence-corrected chi connectivity index (χ1v) is 6.62. The van der Waals surface area contributed by atoms with Crippen molar-refractivity contribution in [2.24, 2.45) is 0 Å². The molecule has 70 valence electrons. The van der Waals surface area contributed by atoms with E-state index >= 15 is 0 Å². The Kier molecular flexibility index (Phi) is 3.84. The van der Waals surface area contributed by atoms with Crippen molar-refractivity contribution in [1.29, 1.82) is 0 Å². The molecule has 0 saturated heterocycles. The molecular weight excluding hydrogens is 195 g/mol. The monoisotopic (exact) mass is 206 g/mol. The second kappa shape index (κ2) is 5.36. The van der Waals surface area contributed by atoms with Crippen molar-refractivity contribution in [2.45, 2.75) is 3.67 Å². The first-order chi connectivity index (χ1) is 7.38. The number of hydrogen-bond acceptors (Lipinski definition) is 1. The van der Waals surface area contributed by atoms with Gasteiger partial charge >= 0.3 is 108 Å². The molecule has 0 atom stereocenters. The summed E-state index contributed by atoms with van der Waals surface area (Å²) in [6.45, 7) is 0. The van der Waals surface area contributed by atoms with E-state index in [2.05, 4.69) is 12.1 Å². The molecule has 15 heavy (non-hydrogen) atoms. The van der Waals surface area contributed by atoms with Crippen molar-refractivity contribution in [2.75, 3.05) is 0 Å². The Bertz CT molecular complexity index is 426. The Morgan fingerprint density at radius 2 is 1.60 bits per heavy atom. The van der Waals surface area contributed by atoms with E-state index < -0.39 is 0 Å². The van der Waals surface area contributed by atoms with Crippen LogP contribution in [0, 0.1) is 0 Å². The minimum atomic E-state index is 0.892. The summed E-state index contributed by atoms with van der Waals surface area (Å²) in [7, 11) is 0. The van der Waals surface area contributed by atoms with Gasteiger partial charge in [-0.2, -0.15) is 0 Å². The van der Waals surface area contributed by atoms with Gasteiger partial charge in [0.05, 0.1) is 0 Å². The zero-order valence-corrected chi connectivity index (χ0v) is 10.8. The maximum absolute atomic E-state index is 5.74. The van der Waals surface area contributed by atoms with Crippen LogP contribution in [0.4, 0.5) is 0 Å². The van der Waals surface area contributed by atoms with E-state index in [-0.39, 0.29) is 0 Å². The van der Waals surface area contributed by atoms with Gasteiger partial charge in [0.15, 0.2) is 0 Å². The number of benzene rings is 2. The second-order valence-electron chi connectivity index (χ2n) is 3.42. The predicted octanol–water partition coefficient (Wildman–Crippen LogP) is 3.15. The fraction of sp³-hybridized carbons (Fsp3) is 0.0769. The quantitative estimate of drug-likeness (QED) is 0.701. The topological polar surface area (TPSA) is 9.23 Å². The van der Waals surface area contributed by atoms with Crippen LogP contribution in [0.2, 0.25) is 0 Å². The first kappa shape index (κ1) is 10.7. The Morgan fingerprint density at radius 1 is 0.867 bits per heavy atom. The van der Waals surface area contributed by atoms with Gasteiger partial charge in [0.2, 0.25) is 0 Å². The second-order valence-corrected chi connectivity index (χ2v) is 4.12. The third kappa shape index (κ3) is 3.10. The van der Waals surface area contributed by atoms with E-state index in [1.807, 2.05) is 42.5 Å². The molecule has 0 spiro atoms. The SMILES string of the molecule is [Na][CH2]c1cccc(Oc2ccccc2)c1. The zero-order chi connectivity index (χ0) is 10.5. The van der Waals surface area contributed by atoms with Crippen molar-refractivity contribution in [3.8, 4) is 11.5 Å². The van der Waals surface area contributed by atoms with Crippen LogP contribution < -0.4 is 4.74 Å². The van der Waals surface area contributed by atoms with Crippen molar-refractivity contribution < 1.29 is 4.74 Å². The molecule has 0 aromatic heterocycles. The van der Waals surface area contributed by atoms with Crippen LogP contribution in [0.25, 0.3) is 0 Å². The zero-order valence-electron chi connectivity index (χ0n) is 8.81. The van der Waals surface area contributed by atoms with Crippen LogP contribution in [0.1, 0.15) is 5.56 Å². The van der Waals surface area contributed by atoms with E-state index in [9.17, 15) is 0 Å². The van der Waals surface area contributed by atoms with Crippen LogP contribution in [0.3, 0.4) is 0 Å². The van der Waals surface area contributed by atoms with Crippen molar-refractivity contribution in [1.82, 2.24) is 0 Å². The van der Waals surface area contributed by atoms with Gasteiger partial charge in [0.25, 0.3) is 0 Å². The number of rotatable bonds is 3. The molecule has 0 aliphatic heterocycles. The van der Waals surface area contributed by atoms with Crippen molar-refractivity contribution in [3.05, 3.63) is 60.2 Å². The van der Waals surface area contributed by atoms with Crippen molar-refractivity contribution >= 4 is 27.9 Å². The summed E-state index contributed by atoms with van der Waals surface area (Å²) in [5, 5.41) is 0. The minimum absolute atomic E-state index is 0.892. The van der Waals surface area contributed by atoms with E-state index in [1.165, 1.54) is 37.2 Å². The standard InChI is InChI=1S/C13H11O.Na/c1-11-6-5-9-13(10-11)14-12-7-3-2-4-8-12;/h2-10H,1H2;. The molecular formula is C13H11NaO. The molecule has 0 fully saturated rings. The summed E-state index contributed by atoms with van der Waals surface area (Å²) in [5.74, 6) is 1.82. The van der Waals surface area contributed by atoms with E-state index in [0.29, 0.717) is 0 Å². The summed E-state index contributed by atoms with van der Waals surface area (Å²) in [5.41, 5.74) is 1.36. The Labute approximate surface area is 108 Å². The molecule has 2 heteroatoms. The van der Waals surface area contributed by atoms with Gasteiger partial charge in [-0.15, -0.1) is 0 Å². The van der Waals surface area contributed by atoms with Gasteiger partial charge < -0.3 is 0 Å². The van der Waals surface area contributed by atoms with Gasteiger partial charge in [-0.1, -0.05) is 0 Å². The van der Waals surface area contributed by atoms with Crippen LogP contribution >= 0.6 is 0 Å². The fourth-order valence-corrected chi connectivity index (χ4v) is 1.89. The molecule has 1 nitrogen and oxygen atoms in total. The van der Waals surface area contributed by atoms with Crippen LogP contribution in [-0.2, 0) is 3.67 Å². The number of hydrogen-bond donors (Lipinski definition) is 0. The number of para-hydroxylation sites is 1.